The quantitative estimate of drug-likeness (QED) is 0.441. The molecule has 1 atom stereocenters. The third kappa shape index (κ3) is 3.88. The van der Waals surface area contributed by atoms with Crippen LogP contribution in [0.3, 0.4) is 0 Å². The Morgan fingerprint density at radius 3 is 2.48 bits per heavy atom. The van der Waals surface area contributed by atoms with Crippen molar-refractivity contribution in [3.63, 3.8) is 0 Å². The van der Waals surface area contributed by atoms with E-state index in [4.69, 9.17) is 0 Å². The van der Waals surface area contributed by atoms with Gasteiger partial charge in [0.05, 0.1) is 5.41 Å². The number of rotatable bonds is 5. The van der Waals surface area contributed by atoms with Crippen LogP contribution < -0.4 is 0 Å². The van der Waals surface area contributed by atoms with Crippen LogP contribution in [-0.2, 0) is 10.2 Å². The fourth-order valence-electron chi connectivity index (χ4n) is 3.99. The second-order valence-corrected chi connectivity index (χ2v) is 7.73. The Morgan fingerprint density at radius 1 is 1.04 bits per heavy atom. The van der Waals surface area contributed by atoms with Gasteiger partial charge in [0.25, 0.3) is 0 Å². The third-order valence-corrected chi connectivity index (χ3v) is 6.00. The lowest BCUT2D eigenvalue weighted by atomic mass is 9.67. The van der Waals surface area contributed by atoms with Crippen LogP contribution in [0.5, 0.6) is 0 Å². The van der Waals surface area contributed by atoms with Gasteiger partial charge in [-0.05, 0) is 73.4 Å². The first-order valence-electron chi connectivity index (χ1n) is 9.61. The molecule has 0 bridgehead atoms. The highest BCUT2D eigenvalue weighted by Gasteiger charge is 2.36. The lowest BCUT2D eigenvalue weighted by molar-refractivity contribution is -0.113. The van der Waals surface area contributed by atoms with E-state index in [0.717, 1.165) is 30.4 Å². The van der Waals surface area contributed by atoms with Crippen molar-refractivity contribution in [2.45, 2.75) is 45.4 Å². The number of carbonyl (C=O) groups is 1. The summed E-state index contributed by atoms with van der Waals surface area (Å²) in [6.45, 7) is 10.6. The monoisotopic (exact) mass is 356 g/mol. The zero-order valence-electron chi connectivity index (χ0n) is 16.6. The van der Waals surface area contributed by atoms with Crippen LogP contribution in [0.1, 0.15) is 48.4 Å². The van der Waals surface area contributed by atoms with Crippen molar-refractivity contribution in [3.8, 4) is 0 Å². The van der Waals surface area contributed by atoms with Crippen molar-refractivity contribution < 1.29 is 4.79 Å². The molecule has 1 heteroatoms. The number of hydrogen-bond donors (Lipinski definition) is 0. The number of hydrogen-bond acceptors (Lipinski definition) is 1. The Labute approximate surface area is 163 Å². The van der Waals surface area contributed by atoms with Gasteiger partial charge in [0.1, 0.15) is 6.29 Å². The maximum atomic E-state index is 12.3. The van der Waals surface area contributed by atoms with Crippen LogP contribution in [0.25, 0.3) is 5.57 Å². The van der Waals surface area contributed by atoms with Crippen LogP contribution in [-0.4, -0.2) is 6.29 Å². The number of benzene rings is 2. The molecule has 0 amide bonds. The SMILES string of the molecule is C=C(/C=C\C1=C(C)CCC(C=O)(c2cccc(C)c2C)C1)c1ccccc1. The van der Waals surface area contributed by atoms with E-state index in [1.807, 2.05) is 18.2 Å². The summed E-state index contributed by atoms with van der Waals surface area (Å²) < 4.78 is 0. The molecule has 0 aromatic heterocycles. The molecule has 1 aliphatic rings. The van der Waals surface area contributed by atoms with E-state index in [1.165, 1.54) is 34.1 Å². The van der Waals surface area contributed by atoms with Crippen LogP contribution in [0.4, 0.5) is 0 Å². The van der Waals surface area contributed by atoms with E-state index in [0.29, 0.717) is 0 Å². The first-order valence-corrected chi connectivity index (χ1v) is 9.61. The van der Waals surface area contributed by atoms with Gasteiger partial charge in [-0.3, -0.25) is 0 Å². The van der Waals surface area contributed by atoms with Gasteiger partial charge in [-0.1, -0.05) is 72.8 Å². The molecule has 2 aromatic carbocycles. The normalized spacial score (nSPS) is 20.1. The summed E-state index contributed by atoms with van der Waals surface area (Å²) in [5.74, 6) is 0. The van der Waals surface area contributed by atoms with Crippen LogP contribution in [0.2, 0.25) is 0 Å². The molecular weight excluding hydrogens is 328 g/mol. The van der Waals surface area contributed by atoms with Gasteiger partial charge in [0.15, 0.2) is 0 Å². The second-order valence-electron chi connectivity index (χ2n) is 7.73. The first kappa shape index (κ1) is 19.1. The predicted octanol–water partition coefficient (Wildman–Crippen LogP) is 6.51. The molecule has 1 aliphatic carbocycles. The molecule has 27 heavy (non-hydrogen) atoms. The largest absolute Gasteiger partial charge is 0.302 e. The molecule has 0 aliphatic heterocycles. The number of aldehydes is 1. The molecule has 0 spiro atoms. The van der Waals surface area contributed by atoms with Crippen molar-refractivity contribution in [1.29, 1.82) is 0 Å². The highest BCUT2D eigenvalue weighted by molar-refractivity contribution is 5.74. The number of allylic oxidation sites excluding steroid dienone is 5. The molecular formula is C26H28O. The molecule has 1 unspecified atom stereocenters. The number of carbonyl (C=O) groups excluding carboxylic acids is 1. The van der Waals surface area contributed by atoms with Gasteiger partial charge in [0, 0.05) is 0 Å². The van der Waals surface area contributed by atoms with E-state index < -0.39 is 5.41 Å². The van der Waals surface area contributed by atoms with Gasteiger partial charge < -0.3 is 4.79 Å². The summed E-state index contributed by atoms with van der Waals surface area (Å²) >= 11 is 0. The lowest BCUT2D eigenvalue weighted by Gasteiger charge is -2.35. The second kappa shape index (κ2) is 7.92. The highest BCUT2D eigenvalue weighted by Crippen LogP contribution is 2.42. The van der Waals surface area contributed by atoms with E-state index in [9.17, 15) is 4.79 Å². The molecule has 0 saturated heterocycles. The molecule has 0 heterocycles. The minimum Gasteiger partial charge on any atom is -0.302 e. The average Bonchev–Trinajstić information content (AvgIpc) is 2.70. The third-order valence-electron chi connectivity index (χ3n) is 6.00. The maximum Gasteiger partial charge on any atom is 0.130 e. The Hall–Kier alpha value is -2.67. The molecule has 0 N–H and O–H groups in total. The maximum absolute atomic E-state index is 12.3. The van der Waals surface area contributed by atoms with Crippen LogP contribution in [0, 0.1) is 13.8 Å². The zero-order chi connectivity index (χ0) is 19.4. The Bertz CT molecular complexity index is 914. The van der Waals surface area contributed by atoms with Gasteiger partial charge >= 0.3 is 0 Å². The molecule has 0 fully saturated rings. The smallest absolute Gasteiger partial charge is 0.130 e. The van der Waals surface area contributed by atoms with Crippen molar-refractivity contribution in [1.82, 2.24) is 0 Å². The van der Waals surface area contributed by atoms with Crippen LogP contribution in [0.15, 0.2) is 78.4 Å². The average molecular weight is 357 g/mol. The van der Waals surface area contributed by atoms with Gasteiger partial charge in [-0.25, -0.2) is 0 Å². The molecule has 1 nitrogen and oxygen atoms in total. The standard InChI is InChI=1S/C26H28O/c1-19-9-8-12-25(22(19)4)26(18-27)16-15-21(3)24(17-26)14-13-20(2)23-10-6-5-7-11-23/h5-14,18H,2,15-17H2,1,3-4H3/b14-13-. The molecule has 0 saturated carbocycles. The topological polar surface area (TPSA) is 17.1 Å². The summed E-state index contributed by atoms with van der Waals surface area (Å²) in [6.07, 6.45) is 8.00. The lowest BCUT2D eigenvalue weighted by Crippen LogP contribution is -2.32. The van der Waals surface area contributed by atoms with Crippen molar-refractivity contribution in [2.75, 3.05) is 0 Å². The van der Waals surface area contributed by atoms with E-state index in [-0.39, 0.29) is 0 Å². The molecule has 138 valence electrons. The zero-order valence-corrected chi connectivity index (χ0v) is 16.6. The summed E-state index contributed by atoms with van der Waals surface area (Å²) in [5, 5.41) is 0. The van der Waals surface area contributed by atoms with Gasteiger partial charge in [-0.15, -0.1) is 0 Å². The fourth-order valence-corrected chi connectivity index (χ4v) is 3.99. The van der Waals surface area contributed by atoms with Crippen molar-refractivity contribution >= 4 is 11.9 Å². The van der Waals surface area contributed by atoms with Crippen LogP contribution >= 0.6 is 0 Å². The van der Waals surface area contributed by atoms with E-state index in [1.54, 1.807) is 0 Å². The number of aryl methyl sites for hydroxylation is 1. The first-order chi connectivity index (χ1) is 13.0. The van der Waals surface area contributed by atoms with Gasteiger partial charge in [-0.2, -0.15) is 0 Å². The Kier molecular flexibility index (Phi) is 5.60. The minimum atomic E-state index is -0.427. The summed E-state index contributed by atoms with van der Waals surface area (Å²) in [4.78, 5) is 12.3. The molecule has 2 aromatic rings. The predicted molar refractivity (Wildman–Crippen MR) is 115 cm³/mol. The van der Waals surface area contributed by atoms with E-state index >= 15 is 0 Å². The van der Waals surface area contributed by atoms with Crippen molar-refractivity contribution in [3.05, 3.63) is 101 Å². The summed E-state index contributed by atoms with van der Waals surface area (Å²) in [6, 6.07) is 16.5. The fraction of sp³-hybridized carbons (Fsp3) is 0.269. The van der Waals surface area contributed by atoms with E-state index in [2.05, 4.69) is 69.8 Å². The van der Waals surface area contributed by atoms with Gasteiger partial charge in [0.2, 0.25) is 0 Å². The Morgan fingerprint density at radius 2 is 1.78 bits per heavy atom. The molecule has 0 radical (unpaired) electrons. The summed E-state index contributed by atoms with van der Waals surface area (Å²) in [5.41, 5.74) is 7.97. The highest BCUT2D eigenvalue weighted by atomic mass is 16.1. The molecule has 3 rings (SSSR count). The Balaban J connectivity index is 1.91. The van der Waals surface area contributed by atoms with Crippen molar-refractivity contribution in [2.24, 2.45) is 0 Å². The summed E-state index contributed by atoms with van der Waals surface area (Å²) in [7, 11) is 0. The minimum absolute atomic E-state index is 0.427.